The zero-order valence-electron chi connectivity index (χ0n) is 12.9. The molecule has 6 heteroatoms. The Hall–Kier alpha value is -1.98. The second kappa shape index (κ2) is 7.06. The Bertz CT molecular complexity index is 819. The molecule has 0 amide bonds. The fraction of sp³-hybridized carbons (Fsp3) is 0.235. The summed E-state index contributed by atoms with van der Waals surface area (Å²) in [5.41, 5.74) is 1.86. The lowest BCUT2D eigenvalue weighted by atomic mass is 10.2. The smallest absolute Gasteiger partial charge is 0.184 e. The van der Waals surface area contributed by atoms with Gasteiger partial charge in [-0.25, -0.2) is 4.98 Å². The largest absolute Gasteiger partial charge is 0.493 e. The number of anilines is 1. The normalized spacial score (nSPS) is 10.7. The van der Waals surface area contributed by atoms with E-state index in [0.717, 1.165) is 32.4 Å². The van der Waals surface area contributed by atoms with E-state index < -0.39 is 0 Å². The number of methoxy groups -OCH3 is 1. The van der Waals surface area contributed by atoms with Crippen molar-refractivity contribution in [2.45, 2.75) is 13.5 Å². The van der Waals surface area contributed by atoms with Crippen LogP contribution in [0.25, 0.3) is 10.2 Å². The third-order valence-corrected chi connectivity index (χ3v) is 4.65. The Morgan fingerprint density at radius 3 is 2.78 bits per heavy atom. The number of para-hydroxylation sites is 2. The van der Waals surface area contributed by atoms with E-state index in [9.17, 15) is 0 Å². The standard InChI is InChI=1S/C17H17ClN2O2S/c1-3-22-16-11(6-4-8-13(16)21-2)10-19-17-20-15-12(18)7-5-9-14(15)23-17/h4-9H,3,10H2,1-2H3,(H,19,20). The van der Waals surface area contributed by atoms with Crippen LogP contribution in [0.2, 0.25) is 5.02 Å². The summed E-state index contributed by atoms with van der Waals surface area (Å²) in [6.45, 7) is 3.15. The van der Waals surface area contributed by atoms with Gasteiger partial charge < -0.3 is 14.8 Å². The fourth-order valence-corrected chi connectivity index (χ4v) is 3.49. The topological polar surface area (TPSA) is 43.4 Å². The highest BCUT2D eigenvalue weighted by Crippen LogP contribution is 2.33. The Morgan fingerprint density at radius 1 is 1.22 bits per heavy atom. The molecule has 1 heterocycles. The number of benzene rings is 2. The SMILES string of the molecule is CCOc1c(CNc2nc3c(Cl)cccc3s2)cccc1OC. The number of hydrogen-bond acceptors (Lipinski definition) is 5. The fourth-order valence-electron chi connectivity index (χ4n) is 2.33. The maximum absolute atomic E-state index is 6.17. The van der Waals surface area contributed by atoms with Crippen LogP contribution >= 0.6 is 22.9 Å². The third-order valence-electron chi connectivity index (χ3n) is 3.37. The second-order valence-electron chi connectivity index (χ2n) is 4.84. The molecular formula is C17H17ClN2O2S. The first-order valence-corrected chi connectivity index (χ1v) is 8.50. The van der Waals surface area contributed by atoms with Gasteiger partial charge in [0.1, 0.15) is 5.52 Å². The van der Waals surface area contributed by atoms with Crippen molar-refractivity contribution in [3.05, 3.63) is 47.0 Å². The molecule has 0 aliphatic rings. The van der Waals surface area contributed by atoms with Crippen molar-refractivity contribution in [2.24, 2.45) is 0 Å². The van der Waals surface area contributed by atoms with Gasteiger partial charge in [0.2, 0.25) is 0 Å². The summed E-state index contributed by atoms with van der Waals surface area (Å²) in [5.74, 6) is 1.50. The average Bonchev–Trinajstić information content (AvgIpc) is 2.98. The van der Waals surface area contributed by atoms with Gasteiger partial charge in [-0.1, -0.05) is 41.1 Å². The minimum atomic E-state index is 0.587. The molecule has 0 bridgehead atoms. The molecular weight excluding hydrogens is 332 g/mol. The number of rotatable bonds is 6. The van der Waals surface area contributed by atoms with Crippen LogP contribution in [-0.4, -0.2) is 18.7 Å². The number of thiazole rings is 1. The summed E-state index contributed by atoms with van der Waals surface area (Å²) in [6.07, 6.45) is 0. The zero-order valence-corrected chi connectivity index (χ0v) is 14.5. The van der Waals surface area contributed by atoms with Gasteiger partial charge >= 0.3 is 0 Å². The van der Waals surface area contributed by atoms with Crippen LogP contribution in [0.15, 0.2) is 36.4 Å². The molecule has 120 valence electrons. The first-order chi connectivity index (χ1) is 11.2. The molecule has 0 atom stereocenters. The maximum Gasteiger partial charge on any atom is 0.184 e. The van der Waals surface area contributed by atoms with E-state index in [-0.39, 0.29) is 0 Å². The van der Waals surface area contributed by atoms with Crippen LogP contribution in [0.1, 0.15) is 12.5 Å². The summed E-state index contributed by atoms with van der Waals surface area (Å²) in [7, 11) is 1.64. The highest BCUT2D eigenvalue weighted by Gasteiger charge is 2.11. The predicted molar refractivity (Wildman–Crippen MR) is 96.1 cm³/mol. The zero-order chi connectivity index (χ0) is 16.2. The molecule has 4 nitrogen and oxygen atoms in total. The number of ether oxygens (including phenoxy) is 2. The molecule has 0 fully saturated rings. The van der Waals surface area contributed by atoms with E-state index in [1.165, 1.54) is 0 Å². The van der Waals surface area contributed by atoms with Crippen LogP contribution in [0.5, 0.6) is 11.5 Å². The molecule has 0 saturated carbocycles. The summed E-state index contributed by atoms with van der Waals surface area (Å²) in [6, 6.07) is 11.7. The van der Waals surface area contributed by atoms with Crippen molar-refractivity contribution in [2.75, 3.05) is 19.0 Å². The highest BCUT2D eigenvalue weighted by atomic mass is 35.5. The minimum absolute atomic E-state index is 0.587. The molecule has 0 spiro atoms. The molecule has 0 saturated heterocycles. The molecule has 1 N–H and O–H groups in total. The molecule has 0 aliphatic heterocycles. The quantitative estimate of drug-likeness (QED) is 0.683. The molecule has 0 aliphatic carbocycles. The van der Waals surface area contributed by atoms with Gasteiger partial charge in [0.25, 0.3) is 0 Å². The number of nitrogens with one attached hydrogen (secondary N) is 1. The van der Waals surface area contributed by atoms with Crippen molar-refractivity contribution < 1.29 is 9.47 Å². The Labute approximate surface area is 144 Å². The Morgan fingerprint density at radius 2 is 2.04 bits per heavy atom. The van der Waals surface area contributed by atoms with Crippen LogP contribution in [0, 0.1) is 0 Å². The third kappa shape index (κ3) is 3.35. The predicted octanol–water partition coefficient (Wildman–Crippen LogP) is 4.97. The molecule has 0 unspecified atom stereocenters. The molecule has 0 radical (unpaired) electrons. The number of halogens is 1. The Balaban J connectivity index is 1.83. The van der Waals surface area contributed by atoms with Gasteiger partial charge in [-0.3, -0.25) is 0 Å². The van der Waals surface area contributed by atoms with Crippen molar-refractivity contribution in [1.29, 1.82) is 0 Å². The molecule has 23 heavy (non-hydrogen) atoms. The minimum Gasteiger partial charge on any atom is -0.493 e. The lowest BCUT2D eigenvalue weighted by molar-refractivity contribution is 0.308. The number of nitrogens with zero attached hydrogens (tertiary/aromatic N) is 1. The van der Waals surface area contributed by atoms with E-state index in [1.54, 1.807) is 18.4 Å². The molecule has 3 rings (SSSR count). The van der Waals surface area contributed by atoms with E-state index in [0.29, 0.717) is 18.2 Å². The number of fused-ring (bicyclic) bond motifs is 1. The summed E-state index contributed by atoms with van der Waals surface area (Å²) >= 11 is 7.75. The van der Waals surface area contributed by atoms with Crippen molar-refractivity contribution in [3.8, 4) is 11.5 Å². The van der Waals surface area contributed by atoms with Gasteiger partial charge in [-0.15, -0.1) is 0 Å². The first kappa shape index (κ1) is 15.9. The van der Waals surface area contributed by atoms with Gasteiger partial charge in [-0.2, -0.15) is 0 Å². The van der Waals surface area contributed by atoms with E-state index >= 15 is 0 Å². The first-order valence-electron chi connectivity index (χ1n) is 7.30. The summed E-state index contributed by atoms with van der Waals surface area (Å²) in [5, 5.41) is 4.84. The van der Waals surface area contributed by atoms with Gasteiger partial charge in [-0.05, 0) is 25.1 Å². The van der Waals surface area contributed by atoms with Crippen LogP contribution < -0.4 is 14.8 Å². The van der Waals surface area contributed by atoms with Crippen LogP contribution in [-0.2, 0) is 6.54 Å². The van der Waals surface area contributed by atoms with E-state index in [2.05, 4.69) is 10.3 Å². The monoisotopic (exact) mass is 348 g/mol. The molecule has 1 aromatic heterocycles. The summed E-state index contributed by atoms with van der Waals surface area (Å²) < 4.78 is 12.2. The molecule has 3 aromatic rings. The molecule has 2 aromatic carbocycles. The van der Waals surface area contributed by atoms with Gasteiger partial charge in [0.05, 0.1) is 23.4 Å². The van der Waals surface area contributed by atoms with E-state index in [1.807, 2.05) is 43.3 Å². The van der Waals surface area contributed by atoms with Gasteiger partial charge in [0, 0.05) is 12.1 Å². The van der Waals surface area contributed by atoms with Gasteiger partial charge in [0.15, 0.2) is 16.6 Å². The Kier molecular flexibility index (Phi) is 4.88. The highest BCUT2D eigenvalue weighted by molar-refractivity contribution is 7.22. The van der Waals surface area contributed by atoms with E-state index in [4.69, 9.17) is 21.1 Å². The average molecular weight is 349 g/mol. The van der Waals surface area contributed by atoms with Crippen molar-refractivity contribution in [3.63, 3.8) is 0 Å². The lowest BCUT2D eigenvalue weighted by Crippen LogP contribution is -2.04. The summed E-state index contributed by atoms with van der Waals surface area (Å²) in [4.78, 5) is 4.55. The number of aromatic nitrogens is 1. The maximum atomic E-state index is 6.17. The number of hydrogen-bond donors (Lipinski definition) is 1. The van der Waals surface area contributed by atoms with Crippen LogP contribution in [0.3, 0.4) is 0 Å². The van der Waals surface area contributed by atoms with Crippen molar-refractivity contribution in [1.82, 2.24) is 4.98 Å². The second-order valence-corrected chi connectivity index (χ2v) is 6.28. The van der Waals surface area contributed by atoms with Crippen LogP contribution in [0.4, 0.5) is 5.13 Å². The van der Waals surface area contributed by atoms with Crippen molar-refractivity contribution >= 4 is 38.3 Å². The lowest BCUT2D eigenvalue weighted by Gasteiger charge is -2.14.